The Balaban J connectivity index is 1.44. The highest BCUT2D eigenvalue weighted by atomic mass is 32.2. The fraction of sp³-hybridized carbons (Fsp3) is 0.320. The molecule has 1 saturated heterocycles. The number of hydrogen-bond acceptors (Lipinski definition) is 5. The van der Waals surface area contributed by atoms with Crippen LogP contribution in [0.3, 0.4) is 0 Å². The van der Waals surface area contributed by atoms with Crippen molar-refractivity contribution in [3.05, 3.63) is 65.4 Å². The molecule has 0 bridgehead atoms. The Labute approximate surface area is 191 Å². The van der Waals surface area contributed by atoms with Crippen LogP contribution < -0.4 is 0 Å². The number of nitrogens with zero attached hydrogens (tertiary/aromatic N) is 3. The molecule has 0 saturated carbocycles. The Kier molecular flexibility index (Phi) is 5.85. The van der Waals surface area contributed by atoms with Gasteiger partial charge in [0.1, 0.15) is 0 Å². The second kappa shape index (κ2) is 8.92. The Morgan fingerprint density at radius 3 is 2.91 bits per heavy atom. The minimum atomic E-state index is 0.104. The van der Waals surface area contributed by atoms with Crippen molar-refractivity contribution in [3.8, 4) is 11.4 Å². The van der Waals surface area contributed by atoms with Crippen molar-refractivity contribution in [3.63, 3.8) is 0 Å². The van der Waals surface area contributed by atoms with Crippen molar-refractivity contribution in [1.82, 2.24) is 19.7 Å². The molecule has 0 aliphatic carbocycles. The number of rotatable bonds is 7. The molecule has 1 aliphatic rings. The fourth-order valence-corrected chi connectivity index (χ4v) is 5.17. The molecule has 0 radical (unpaired) electrons. The van der Waals surface area contributed by atoms with E-state index in [2.05, 4.69) is 31.9 Å². The van der Waals surface area contributed by atoms with Crippen molar-refractivity contribution in [1.29, 1.82) is 0 Å². The van der Waals surface area contributed by atoms with Crippen LogP contribution in [0.2, 0.25) is 0 Å². The third-order valence-corrected chi connectivity index (χ3v) is 6.94. The van der Waals surface area contributed by atoms with Crippen LogP contribution in [0.1, 0.15) is 34.3 Å². The molecule has 1 aliphatic heterocycles. The second-order valence-corrected chi connectivity index (χ2v) is 9.27. The molecule has 3 heterocycles. The summed E-state index contributed by atoms with van der Waals surface area (Å²) in [6, 6.07) is 14.1. The Morgan fingerprint density at radius 2 is 2.09 bits per heavy atom. The molecule has 0 spiro atoms. The quantitative estimate of drug-likeness (QED) is 0.312. The number of thioether (sulfide) groups is 1. The summed E-state index contributed by atoms with van der Waals surface area (Å²) in [5.74, 6) is 1.23. The molecular weight excluding hydrogens is 420 g/mol. The third-order valence-electron chi connectivity index (χ3n) is 5.97. The summed E-state index contributed by atoms with van der Waals surface area (Å²) in [6.07, 6.45) is 4.22. The lowest BCUT2D eigenvalue weighted by Gasteiger charge is -2.14. The zero-order valence-corrected chi connectivity index (χ0v) is 19.1. The molecule has 5 rings (SSSR count). The number of aromatic amines is 1. The molecule has 164 valence electrons. The van der Waals surface area contributed by atoms with Gasteiger partial charge in [0.05, 0.1) is 18.4 Å². The average Bonchev–Trinajstić information content (AvgIpc) is 3.52. The molecule has 32 heavy (non-hydrogen) atoms. The van der Waals surface area contributed by atoms with Crippen LogP contribution in [-0.4, -0.2) is 44.0 Å². The van der Waals surface area contributed by atoms with E-state index >= 15 is 0 Å². The maximum Gasteiger partial charge on any atom is 0.192 e. The van der Waals surface area contributed by atoms with E-state index in [1.807, 2.05) is 50.4 Å². The first-order valence-electron chi connectivity index (χ1n) is 10.9. The van der Waals surface area contributed by atoms with Gasteiger partial charge in [0.25, 0.3) is 0 Å². The van der Waals surface area contributed by atoms with Crippen LogP contribution in [0.25, 0.3) is 22.3 Å². The van der Waals surface area contributed by atoms with Crippen LogP contribution >= 0.6 is 11.8 Å². The van der Waals surface area contributed by atoms with Crippen LogP contribution in [0.4, 0.5) is 0 Å². The van der Waals surface area contributed by atoms with Gasteiger partial charge in [-0.05, 0) is 38.3 Å². The van der Waals surface area contributed by atoms with Gasteiger partial charge >= 0.3 is 0 Å². The Morgan fingerprint density at radius 1 is 1.22 bits per heavy atom. The van der Waals surface area contributed by atoms with Crippen LogP contribution in [0.15, 0.2) is 53.8 Å². The summed E-state index contributed by atoms with van der Waals surface area (Å²) >= 11 is 1.44. The van der Waals surface area contributed by atoms with E-state index in [1.165, 1.54) is 11.8 Å². The van der Waals surface area contributed by atoms with Gasteiger partial charge in [-0.2, -0.15) is 0 Å². The number of benzene rings is 2. The van der Waals surface area contributed by atoms with Crippen molar-refractivity contribution in [2.24, 2.45) is 0 Å². The normalized spacial score (nSPS) is 16.1. The molecule has 2 aromatic heterocycles. The lowest BCUT2D eigenvalue weighted by Crippen LogP contribution is -2.17. The molecule has 1 fully saturated rings. The van der Waals surface area contributed by atoms with Crippen LogP contribution in [-0.2, 0) is 11.3 Å². The highest BCUT2D eigenvalue weighted by molar-refractivity contribution is 7.99. The molecular formula is C25H26N4O2S. The SMILES string of the molecule is Cc1ccc(C(=O)CSc2nnc(-c3c[nH]c4ccccc34)n2CC2CCCO2)c(C)c1. The van der Waals surface area contributed by atoms with Gasteiger partial charge in [-0.3, -0.25) is 9.36 Å². The summed E-state index contributed by atoms with van der Waals surface area (Å²) in [5.41, 5.74) is 5.01. The number of ether oxygens (including phenoxy) is 1. The third kappa shape index (κ3) is 4.10. The van der Waals surface area contributed by atoms with Gasteiger partial charge in [-0.1, -0.05) is 53.7 Å². The van der Waals surface area contributed by atoms with E-state index < -0.39 is 0 Å². The number of carbonyl (C=O) groups is 1. The average molecular weight is 447 g/mol. The smallest absolute Gasteiger partial charge is 0.192 e. The zero-order valence-electron chi connectivity index (χ0n) is 18.3. The van der Waals surface area contributed by atoms with E-state index in [1.54, 1.807) is 0 Å². The van der Waals surface area contributed by atoms with Gasteiger partial charge in [0, 0.05) is 34.8 Å². The first-order chi connectivity index (χ1) is 15.6. The fourth-order valence-electron chi connectivity index (χ4n) is 4.34. The predicted molar refractivity (Wildman–Crippen MR) is 127 cm³/mol. The van der Waals surface area contributed by atoms with E-state index in [9.17, 15) is 4.79 Å². The summed E-state index contributed by atoms with van der Waals surface area (Å²) in [5, 5.41) is 10.9. The summed E-state index contributed by atoms with van der Waals surface area (Å²) in [6.45, 7) is 5.50. The van der Waals surface area contributed by atoms with Crippen molar-refractivity contribution >= 4 is 28.4 Å². The molecule has 0 amide bonds. The number of fused-ring (bicyclic) bond motifs is 1. The Bertz CT molecular complexity index is 1270. The monoisotopic (exact) mass is 446 g/mol. The van der Waals surface area contributed by atoms with E-state index in [0.717, 1.165) is 63.6 Å². The van der Waals surface area contributed by atoms with Gasteiger partial charge in [-0.25, -0.2) is 0 Å². The molecule has 6 nitrogen and oxygen atoms in total. The second-order valence-electron chi connectivity index (χ2n) is 8.33. The number of aryl methyl sites for hydroxylation is 2. The topological polar surface area (TPSA) is 72.8 Å². The van der Waals surface area contributed by atoms with Crippen LogP contribution in [0, 0.1) is 13.8 Å². The highest BCUT2D eigenvalue weighted by Gasteiger charge is 2.23. The number of para-hydroxylation sites is 1. The van der Waals surface area contributed by atoms with Crippen LogP contribution in [0.5, 0.6) is 0 Å². The molecule has 4 aromatic rings. The minimum Gasteiger partial charge on any atom is -0.376 e. The van der Waals surface area contributed by atoms with E-state index in [0.29, 0.717) is 12.3 Å². The number of hydrogen-bond donors (Lipinski definition) is 1. The highest BCUT2D eigenvalue weighted by Crippen LogP contribution is 2.31. The summed E-state index contributed by atoms with van der Waals surface area (Å²) in [7, 11) is 0. The minimum absolute atomic E-state index is 0.104. The lowest BCUT2D eigenvalue weighted by molar-refractivity contribution is 0.0953. The van der Waals surface area contributed by atoms with Gasteiger partial charge in [0.15, 0.2) is 16.8 Å². The van der Waals surface area contributed by atoms with Crippen molar-refractivity contribution in [2.75, 3.05) is 12.4 Å². The number of carbonyl (C=O) groups excluding carboxylic acids is 1. The first kappa shape index (κ1) is 21.0. The largest absolute Gasteiger partial charge is 0.376 e. The van der Waals surface area contributed by atoms with E-state index in [4.69, 9.17) is 4.74 Å². The molecule has 1 unspecified atom stereocenters. The molecule has 1 atom stereocenters. The first-order valence-corrected chi connectivity index (χ1v) is 11.9. The number of Topliss-reactive ketones (excluding diaryl/α,β-unsaturated/α-hetero) is 1. The van der Waals surface area contributed by atoms with Gasteiger partial charge in [0.2, 0.25) is 0 Å². The predicted octanol–water partition coefficient (Wildman–Crippen LogP) is 5.20. The number of aromatic nitrogens is 4. The number of nitrogens with one attached hydrogen (secondary N) is 1. The van der Waals surface area contributed by atoms with Gasteiger partial charge < -0.3 is 9.72 Å². The maximum atomic E-state index is 12.9. The zero-order chi connectivity index (χ0) is 22.1. The lowest BCUT2D eigenvalue weighted by atomic mass is 10.0. The number of H-pyrrole nitrogens is 1. The molecule has 7 heteroatoms. The van der Waals surface area contributed by atoms with E-state index in [-0.39, 0.29) is 11.9 Å². The molecule has 2 aromatic carbocycles. The van der Waals surface area contributed by atoms with Crippen molar-refractivity contribution < 1.29 is 9.53 Å². The molecule has 1 N–H and O–H groups in total. The Hall–Kier alpha value is -2.90. The standard InChI is InChI=1S/C25H26N4O2S/c1-16-9-10-19(17(2)12-16)23(30)15-32-25-28-27-24(29(25)14-18-6-5-11-31-18)21-13-26-22-8-4-3-7-20(21)22/h3-4,7-10,12-13,18,26H,5-6,11,14-15H2,1-2H3. The maximum absolute atomic E-state index is 12.9. The van der Waals surface area contributed by atoms with Crippen molar-refractivity contribution in [2.45, 2.75) is 44.5 Å². The van der Waals surface area contributed by atoms with Gasteiger partial charge in [-0.15, -0.1) is 10.2 Å². The number of ketones is 1. The summed E-state index contributed by atoms with van der Waals surface area (Å²) in [4.78, 5) is 16.2. The summed E-state index contributed by atoms with van der Waals surface area (Å²) < 4.78 is 8.02.